The molecule has 1 N–H and O–H groups in total. The van der Waals surface area contributed by atoms with Crippen LogP contribution in [0.3, 0.4) is 0 Å². The van der Waals surface area contributed by atoms with Crippen LogP contribution in [0, 0.1) is 6.92 Å². The summed E-state index contributed by atoms with van der Waals surface area (Å²) in [4.78, 5) is 41.3. The van der Waals surface area contributed by atoms with Crippen molar-refractivity contribution in [2.24, 2.45) is 4.99 Å². The van der Waals surface area contributed by atoms with Crippen LogP contribution in [0.25, 0.3) is 6.08 Å². The van der Waals surface area contributed by atoms with Gasteiger partial charge < -0.3 is 19.3 Å². The van der Waals surface area contributed by atoms with Crippen LogP contribution >= 0.6 is 23.4 Å². The van der Waals surface area contributed by atoms with Crippen LogP contribution < -0.4 is 4.74 Å². The van der Waals surface area contributed by atoms with E-state index in [1.165, 1.54) is 0 Å². The number of aryl methyl sites for hydroxylation is 1. The summed E-state index contributed by atoms with van der Waals surface area (Å²) < 4.78 is 15.3. The van der Waals surface area contributed by atoms with Gasteiger partial charge in [-0.05, 0) is 56.2 Å². The smallest absolute Gasteiger partial charge is 0.344 e. The number of benzene rings is 2. The number of thioether (sulfide) groups is 1. The quantitative estimate of drug-likeness (QED) is 0.459. The molecule has 10 heteroatoms. The number of hydrogen-bond acceptors (Lipinski definition) is 8. The molecule has 0 saturated carbocycles. The van der Waals surface area contributed by atoms with Crippen molar-refractivity contribution in [3.8, 4) is 5.75 Å². The molecule has 0 bridgehead atoms. The zero-order chi connectivity index (χ0) is 26.2. The Hall–Kier alpha value is -3.56. The van der Waals surface area contributed by atoms with Gasteiger partial charge in [0.15, 0.2) is 6.61 Å². The summed E-state index contributed by atoms with van der Waals surface area (Å²) in [7, 11) is 0. The molecule has 188 valence electrons. The van der Waals surface area contributed by atoms with Crippen LogP contribution in [0.4, 0.5) is 0 Å². The number of aliphatic hydroxyl groups is 1. The summed E-state index contributed by atoms with van der Waals surface area (Å²) in [6.07, 6.45) is 1.58. The Morgan fingerprint density at radius 2 is 1.81 bits per heavy atom. The Labute approximate surface area is 217 Å². The van der Waals surface area contributed by atoms with Gasteiger partial charge in [-0.2, -0.15) is 0 Å². The molecule has 1 aliphatic heterocycles. The summed E-state index contributed by atoms with van der Waals surface area (Å²) in [5.41, 5.74) is 1.51. The maximum atomic E-state index is 12.8. The van der Waals surface area contributed by atoms with E-state index in [2.05, 4.69) is 4.99 Å². The molecular formula is C26H24ClNO7S. The van der Waals surface area contributed by atoms with Crippen LogP contribution in [-0.2, 0) is 19.1 Å². The molecule has 0 radical (unpaired) electrons. The second-order valence-corrected chi connectivity index (χ2v) is 8.81. The average molecular weight is 530 g/mol. The number of carbonyl (C=O) groups excluding carboxylic acids is 3. The van der Waals surface area contributed by atoms with Crippen LogP contribution in [0.1, 0.15) is 35.3 Å². The van der Waals surface area contributed by atoms with E-state index in [1.54, 1.807) is 69.3 Å². The molecule has 0 fully saturated rings. The van der Waals surface area contributed by atoms with Crippen molar-refractivity contribution in [2.75, 3.05) is 19.8 Å². The number of hydrogen-bond donors (Lipinski definition) is 1. The predicted molar refractivity (Wildman–Crippen MR) is 138 cm³/mol. The number of aliphatic hydroxyl groups excluding tert-OH is 1. The zero-order valence-electron chi connectivity index (χ0n) is 19.9. The third kappa shape index (κ3) is 6.56. The molecule has 0 unspecified atom stereocenters. The van der Waals surface area contributed by atoms with Gasteiger partial charge in [0.2, 0.25) is 0 Å². The largest absolute Gasteiger partial charge is 0.506 e. The molecule has 2 aromatic carbocycles. The highest BCUT2D eigenvalue weighted by atomic mass is 35.5. The Balaban J connectivity index is 1.91. The monoisotopic (exact) mass is 529 g/mol. The average Bonchev–Trinajstić information content (AvgIpc) is 3.13. The Kier molecular flexibility index (Phi) is 9.32. The van der Waals surface area contributed by atoms with E-state index in [-0.39, 0.29) is 51.9 Å². The number of carbonyl (C=O) groups is 3. The number of nitrogens with zero attached hydrogens (tertiary/aromatic N) is 1. The number of aliphatic imine (C=N–C) groups is 1. The van der Waals surface area contributed by atoms with Gasteiger partial charge in [0, 0.05) is 5.56 Å². The second-order valence-electron chi connectivity index (χ2n) is 7.38. The van der Waals surface area contributed by atoms with Gasteiger partial charge in [-0.1, -0.05) is 47.6 Å². The number of rotatable bonds is 8. The molecule has 0 saturated heterocycles. The first-order valence-electron chi connectivity index (χ1n) is 11.0. The Morgan fingerprint density at radius 1 is 1.08 bits per heavy atom. The first-order chi connectivity index (χ1) is 17.2. The lowest BCUT2D eigenvalue weighted by Crippen LogP contribution is -2.14. The van der Waals surface area contributed by atoms with Gasteiger partial charge in [0.05, 0.1) is 23.1 Å². The molecule has 36 heavy (non-hydrogen) atoms. The predicted octanol–water partition coefficient (Wildman–Crippen LogP) is 5.29. The van der Waals surface area contributed by atoms with Gasteiger partial charge >= 0.3 is 11.9 Å². The second kappa shape index (κ2) is 12.4. The summed E-state index contributed by atoms with van der Waals surface area (Å²) >= 11 is 7.25. The first-order valence-corrected chi connectivity index (χ1v) is 12.2. The highest BCUT2D eigenvalue weighted by Crippen LogP contribution is 2.40. The lowest BCUT2D eigenvalue weighted by Gasteiger charge is -2.08. The van der Waals surface area contributed by atoms with Gasteiger partial charge in [0.25, 0.3) is 5.91 Å². The lowest BCUT2D eigenvalue weighted by atomic mass is 10.1. The molecule has 1 heterocycles. The molecule has 0 spiro atoms. The number of ether oxygens (including phenoxy) is 3. The van der Waals surface area contributed by atoms with Crippen LogP contribution in [-0.4, -0.2) is 47.8 Å². The van der Waals surface area contributed by atoms with E-state index in [1.807, 2.05) is 0 Å². The van der Waals surface area contributed by atoms with Gasteiger partial charge in [-0.15, -0.1) is 0 Å². The van der Waals surface area contributed by atoms with Crippen LogP contribution in [0.5, 0.6) is 5.75 Å². The van der Waals surface area contributed by atoms with Crippen molar-refractivity contribution in [1.29, 1.82) is 0 Å². The first kappa shape index (κ1) is 27.0. The molecule has 1 amide bonds. The summed E-state index contributed by atoms with van der Waals surface area (Å²) in [5.74, 6) is -1.92. The summed E-state index contributed by atoms with van der Waals surface area (Å²) in [6.45, 7) is 5.15. The number of esters is 2. The summed E-state index contributed by atoms with van der Waals surface area (Å²) in [5, 5.41) is 11.1. The summed E-state index contributed by atoms with van der Waals surface area (Å²) in [6, 6.07) is 11.7. The Bertz CT molecular complexity index is 1280. The maximum absolute atomic E-state index is 12.8. The van der Waals surface area contributed by atoms with E-state index in [0.717, 1.165) is 17.3 Å². The minimum atomic E-state index is -0.789. The van der Waals surface area contributed by atoms with Crippen molar-refractivity contribution in [3.63, 3.8) is 0 Å². The van der Waals surface area contributed by atoms with E-state index in [4.69, 9.17) is 25.8 Å². The van der Waals surface area contributed by atoms with Crippen molar-refractivity contribution in [3.05, 3.63) is 80.4 Å². The standard InChI is InChI=1S/C26H24ClNO7S/c1-4-33-21(29)14-35-19-11-10-16(12-18(19)27)13-20-23(30)22(26(32)34-5-2)25(36-20)28-24(31)17-9-7-6-8-15(17)3/h6-13,30H,4-5,14H2,1-3H3/b20-13-,28-25?. The van der Waals surface area contributed by atoms with Crippen molar-refractivity contribution < 1.29 is 33.7 Å². The fourth-order valence-electron chi connectivity index (χ4n) is 3.17. The van der Waals surface area contributed by atoms with E-state index >= 15 is 0 Å². The lowest BCUT2D eigenvalue weighted by molar-refractivity contribution is -0.145. The minimum Gasteiger partial charge on any atom is -0.506 e. The molecular weight excluding hydrogens is 506 g/mol. The van der Waals surface area contributed by atoms with Crippen LogP contribution in [0.2, 0.25) is 5.02 Å². The molecule has 0 aliphatic carbocycles. The zero-order valence-corrected chi connectivity index (χ0v) is 21.4. The van der Waals surface area contributed by atoms with Crippen molar-refractivity contribution in [1.82, 2.24) is 0 Å². The van der Waals surface area contributed by atoms with E-state index < -0.39 is 17.8 Å². The van der Waals surface area contributed by atoms with Gasteiger partial charge in [0.1, 0.15) is 22.1 Å². The molecule has 8 nitrogen and oxygen atoms in total. The van der Waals surface area contributed by atoms with Crippen molar-refractivity contribution in [2.45, 2.75) is 20.8 Å². The van der Waals surface area contributed by atoms with Crippen molar-refractivity contribution >= 4 is 52.3 Å². The van der Waals surface area contributed by atoms with Crippen LogP contribution in [0.15, 0.2) is 63.7 Å². The Morgan fingerprint density at radius 3 is 2.47 bits per heavy atom. The fourth-order valence-corrected chi connectivity index (χ4v) is 4.43. The number of amides is 1. The highest BCUT2D eigenvalue weighted by molar-refractivity contribution is 8.18. The van der Waals surface area contributed by atoms with E-state index in [9.17, 15) is 19.5 Å². The van der Waals surface area contributed by atoms with Gasteiger partial charge in [-0.25, -0.2) is 14.6 Å². The fraction of sp³-hybridized carbons (Fsp3) is 0.231. The van der Waals surface area contributed by atoms with E-state index in [0.29, 0.717) is 11.1 Å². The maximum Gasteiger partial charge on any atom is 0.344 e. The normalized spacial score (nSPS) is 15.3. The molecule has 3 rings (SSSR count). The third-order valence-electron chi connectivity index (χ3n) is 4.85. The highest BCUT2D eigenvalue weighted by Gasteiger charge is 2.34. The van der Waals surface area contributed by atoms with Gasteiger partial charge in [-0.3, -0.25) is 4.79 Å². The minimum absolute atomic E-state index is 0.0333. The number of halogens is 1. The molecule has 1 aliphatic rings. The topological polar surface area (TPSA) is 111 Å². The third-order valence-corrected chi connectivity index (χ3v) is 6.17. The SMILES string of the molecule is CCOC(=O)COc1ccc(/C=C2\SC(=NC(=O)c3ccccc3C)C(C(=O)OCC)=C2O)cc1Cl. The molecule has 0 aromatic heterocycles. The molecule has 0 atom stereocenters. The molecule has 2 aromatic rings.